The first kappa shape index (κ1) is 19.9. The molecule has 4 rings (SSSR count). The molecule has 0 saturated heterocycles. The Morgan fingerprint density at radius 2 is 1.67 bits per heavy atom. The molecular weight excluding hydrogens is 378 g/mol. The summed E-state index contributed by atoms with van der Waals surface area (Å²) in [4.78, 5) is 27.8. The SMILES string of the molecule is COc1ccc(C(=O)C[C@]2(O)C(=O)N(Cc3ccccc3C)c3ccccc32)cc1. The number of ether oxygens (including phenoxy) is 1. The lowest BCUT2D eigenvalue weighted by molar-refractivity contribution is -0.136. The maximum absolute atomic E-state index is 13.4. The summed E-state index contributed by atoms with van der Waals surface area (Å²) >= 11 is 0. The van der Waals surface area contributed by atoms with E-state index in [0.717, 1.165) is 11.1 Å². The van der Waals surface area contributed by atoms with E-state index in [0.29, 0.717) is 29.1 Å². The summed E-state index contributed by atoms with van der Waals surface area (Å²) in [6.45, 7) is 2.32. The van der Waals surface area contributed by atoms with Gasteiger partial charge < -0.3 is 14.7 Å². The zero-order valence-corrected chi connectivity index (χ0v) is 17.0. The molecule has 1 aliphatic heterocycles. The van der Waals surface area contributed by atoms with Crippen molar-refractivity contribution in [1.29, 1.82) is 0 Å². The highest BCUT2D eigenvalue weighted by Gasteiger charge is 2.50. The molecule has 0 bridgehead atoms. The van der Waals surface area contributed by atoms with Crippen molar-refractivity contribution in [2.24, 2.45) is 0 Å². The minimum Gasteiger partial charge on any atom is -0.497 e. The molecule has 3 aromatic carbocycles. The largest absolute Gasteiger partial charge is 0.497 e. The Bertz CT molecular complexity index is 1110. The summed E-state index contributed by atoms with van der Waals surface area (Å²) in [7, 11) is 1.55. The van der Waals surface area contributed by atoms with Crippen LogP contribution in [0.15, 0.2) is 72.8 Å². The fourth-order valence-corrected chi connectivity index (χ4v) is 3.90. The molecule has 1 aliphatic rings. The molecular formula is C25H23NO4. The number of para-hydroxylation sites is 1. The second-order valence-electron chi connectivity index (χ2n) is 7.52. The molecule has 0 radical (unpaired) electrons. The molecule has 0 aliphatic carbocycles. The molecule has 3 aromatic rings. The van der Waals surface area contributed by atoms with E-state index in [1.165, 1.54) is 0 Å². The van der Waals surface area contributed by atoms with Crippen molar-refractivity contribution >= 4 is 17.4 Å². The number of hydrogen-bond acceptors (Lipinski definition) is 4. The lowest BCUT2D eigenvalue weighted by Crippen LogP contribution is -2.41. The molecule has 0 saturated carbocycles. The maximum Gasteiger partial charge on any atom is 0.264 e. The number of fused-ring (bicyclic) bond motifs is 1. The predicted octanol–water partition coefficient (Wildman–Crippen LogP) is 4.01. The Morgan fingerprint density at radius 3 is 2.37 bits per heavy atom. The molecule has 5 heteroatoms. The Balaban J connectivity index is 1.66. The van der Waals surface area contributed by atoms with Gasteiger partial charge >= 0.3 is 0 Å². The number of aliphatic hydroxyl groups is 1. The van der Waals surface area contributed by atoms with E-state index in [1.54, 1.807) is 54.5 Å². The Morgan fingerprint density at radius 1 is 1.00 bits per heavy atom. The normalized spacial score (nSPS) is 17.7. The molecule has 1 N–H and O–H groups in total. The lowest BCUT2D eigenvalue weighted by atomic mass is 9.88. The van der Waals surface area contributed by atoms with Crippen molar-refractivity contribution < 1.29 is 19.4 Å². The average molecular weight is 401 g/mol. The quantitative estimate of drug-likeness (QED) is 0.634. The molecule has 152 valence electrons. The smallest absolute Gasteiger partial charge is 0.264 e. The van der Waals surface area contributed by atoms with Gasteiger partial charge in [0.05, 0.1) is 25.8 Å². The molecule has 1 heterocycles. The molecule has 0 aromatic heterocycles. The fourth-order valence-electron chi connectivity index (χ4n) is 3.90. The number of Topliss-reactive ketones (excluding diaryl/α,β-unsaturated/α-hetero) is 1. The number of amides is 1. The molecule has 0 unspecified atom stereocenters. The van der Waals surface area contributed by atoms with Crippen LogP contribution in [0.1, 0.15) is 33.5 Å². The van der Waals surface area contributed by atoms with E-state index in [-0.39, 0.29) is 12.2 Å². The third-order valence-corrected chi connectivity index (χ3v) is 5.66. The van der Waals surface area contributed by atoms with Crippen LogP contribution in [-0.2, 0) is 16.9 Å². The summed E-state index contributed by atoms with van der Waals surface area (Å²) in [5, 5.41) is 11.4. The zero-order valence-electron chi connectivity index (χ0n) is 17.0. The third-order valence-electron chi connectivity index (χ3n) is 5.66. The van der Waals surface area contributed by atoms with Crippen molar-refractivity contribution in [1.82, 2.24) is 0 Å². The van der Waals surface area contributed by atoms with Gasteiger partial charge in [0.25, 0.3) is 5.91 Å². The van der Waals surface area contributed by atoms with Crippen LogP contribution in [-0.4, -0.2) is 23.9 Å². The van der Waals surface area contributed by atoms with Crippen LogP contribution in [0.5, 0.6) is 5.75 Å². The first-order valence-electron chi connectivity index (χ1n) is 9.79. The molecule has 30 heavy (non-hydrogen) atoms. The number of ketones is 1. The van der Waals surface area contributed by atoms with Crippen LogP contribution >= 0.6 is 0 Å². The number of carbonyl (C=O) groups excluding carboxylic acids is 2. The van der Waals surface area contributed by atoms with Crippen LogP contribution in [0.2, 0.25) is 0 Å². The van der Waals surface area contributed by atoms with Crippen molar-refractivity contribution in [2.75, 3.05) is 12.0 Å². The Labute approximate surface area is 175 Å². The number of hydrogen-bond donors (Lipinski definition) is 1. The number of benzene rings is 3. The number of aryl methyl sites for hydroxylation is 1. The van der Waals surface area contributed by atoms with Gasteiger partial charge in [0.2, 0.25) is 0 Å². The van der Waals surface area contributed by atoms with E-state index in [1.807, 2.05) is 37.3 Å². The average Bonchev–Trinajstić information content (AvgIpc) is 2.97. The van der Waals surface area contributed by atoms with E-state index in [4.69, 9.17) is 4.74 Å². The zero-order chi connectivity index (χ0) is 21.3. The first-order chi connectivity index (χ1) is 14.4. The predicted molar refractivity (Wildman–Crippen MR) is 115 cm³/mol. The van der Waals surface area contributed by atoms with Gasteiger partial charge in [-0.25, -0.2) is 0 Å². The van der Waals surface area contributed by atoms with Gasteiger partial charge in [-0.15, -0.1) is 0 Å². The summed E-state index contributed by atoms with van der Waals surface area (Å²) < 4.78 is 5.12. The summed E-state index contributed by atoms with van der Waals surface area (Å²) in [5.41, 5.74) is 1.68. The number of anilines is 1. The standard InChI is InChI=1S/C25H23NO4/c1-17-7-3-4-8-19(17)16-26-22-10-6-5-9-21(22)25(29,24(26)28)15-23(27)18-11-13-20(30-2)14-12-18/h3-14,29H,15-16H2,1-2H3/t25-/m1/s1. The van der Waals surface area contributed by atoms with Crippen molar-refractivity contribution in [2.45, 2.75) is 25.5 Å². The van der Waals surface area contributed by atoms with Crippen molar-refractivity contribution in [3.8, 4) is 5.75 Å². The van der Waals surface area contributed by atoms with Gasteiger partial charge in [0.15, 0.2) is 11.4 Å². The van der Waals surface area contributed by atoms with Gasteiger partial charge in [-0.05, 0) is 48.4 Å². The van der Waals surface area contributed by atoms with E-state index in [2.05, 4.69) is 0 Å². The Kier molecular flexibility index (Phi) is 5.14. The third kappa shape index (κ3) is 3.37. The van der Waals surface area contributed by atoms with Gasteiger partial charge in [-0.1, -0.05) is 42.5 Å². The van der Waals surface area contributed by atoms with Gasteiger partial charge in [0, 0.05) is 11.1 Å². The highest BCUT2D eigenvalue weighted by molar-refractivity contribution is 6.10. The van der Waals surface area contributed by atoms with E-state index >= 15 is 0 Å². The van der Waals surface area contributed by atoms with Crippen LogP contribution in [0.3, 0.4) is 0 Å². The molecule has 1 atom stereocenters. The van der Waals surface area contributed by atoms with Gasteiger partial charge in [-0.3, -0.25) is 9.59 Å². The minimum atomic E-state index is -1.89. The summed E-state index contributed by atoms with van der Waals surface area (Å²) in [5.74, 6) is -0.146. The Hall–Kier alpha value is -3.44. The highest BCUT2D eigenvalue weighted by Crippen LogP contribution is 2.43. The molecule has 0 spiro atoms. The maximum atomic E-state index is 13.4. The van der Waals surface area contributed by atoms with Crippen LogP contribution in [0, 0.1) is 6.92 Å². The van der Waals surface area contributed by atoms with Crippen molar-refractivity contribution in [3.05, 3.63) is 95.1 Å². The fraction of sp³-hybridized carbons (Fsp3) is 0.200. The van der Waals surface area contributed by atoms with Crippen molar-refractivity contribution in [3.63, 3.8) is 0 Å². The lowest BCUT2D eigenvalue weighted by Gasteiger charge is -2.23. The number of carbonyl (C=O) groups is 2. The van der Waals surface area contributed by atoms with Gasteiger partial charge in [0.1, 0.15) is 5.75 Å². The molecule has 0 fully saturated rings. The molecule has 1 amide bonds. The second kappa shape index (κ2) is 7.76. The van der Waals surface area contributed by atoms with E-state index < -0.39 is 11.5 Å². The minimum absolute atomic E-state index is 0.305. The topological polar surface area (TPSA) is 66.8 Å². The first-order valence-corrected chi connectivity index (χ1v) is 9.79. The summed E-state index contributed by atoms with van der Waals surface area (Å²) in [6, 6.07) is 21.6. The number of rotatable bonds is 6. The highest BCUT2D eigenvalue weighted by atomic mass is 16.5. The molecule has 5 nitrogen and oxygen atoms in total. The monoisotopic (exact) mass is 401 g/mol. The van der Waals surface area contributed by atoms with Crippen LogP contribution in [0.4, 0.5) is 5.69 Å². The van der Waals surface area contributed by atoms with Crippen LogP contribution < -0.4 is 9.64 Å². The van der Waals surface area contributed by atoms with Gasteiger partial charge in [-0.2, -0.15) is 0 Å². The van der Waals surface area contributed by atoms with Crippen LogP contribution in [0.25, 0.3) is 0 Å². The number of nitrogens with zero attached hydrogens (tertiary/aromatic N) is 1. The summed E-state index contributed by atoms with van der Waals surface area (Å²) in [6.07, 6.45) is -0.320. The van der Waals surface area contributed by atoms with E-state index in [9.17, 15) is 14.7 Å². The number of methoxy groups -OCH3 is 1. The second-order valence-corrected chi connectivity index (χ2v) is 7.52.